The summed E-state index contributed by atoms with van der Waals surface area (Å²) in [6, 6.07) is 31.5. The van der Waals surface area contributed by atoms with Crippen LogP contribution in [0.5, 0.6) is 11.5 Å². The molecule has 0 N–H and O–H groups in total. The molecule has 1 aliphatic carbocycles. The maximum Gasteiger partial charge on any atom is 0.122 e. The number of thiol groups is 2. The van der Waals surface area contributed by atoms with Crippen LogP contribution in [0.2, 0.25) is 0 Å². The van der Waals surface area contributed by atoms with E-state index in [0.29, 0.717) is 24.7 Å². The summed E-state index contributed by atoms with van der Waals surface area (Å²) in [4.78, 5) is 0. The van der Waals surface area contributed by atoms with E-state index in [1.807, 2.05) is 0 Å². The topological polar surface area (TPSA) is 18.5 Å². The summed E-state index contributed by atoms with van der Waals surface area (Å²) in [7, 11) is 0. The van der Waals surface area contributed by atoms with Crippen LogP contribution in [0.4, 0.5) is 0 Å². The first-order chi connectivity index (χ1) is 19.2. The van der Waals surface area contributed by atoms with Crippen LogP contribution in [0.25, 0.3) is 11.1 Å². The van der Waals surface area contributed by atoms with E-state index in [2.05, 4.69) is 124 Å². The van der Waals surface area contributed by atoms with Crippen LogP contribution in [-0.2, 0) is 18.3 Å². The third-order valence-corrected chi connectivity index (χ3v) is 8.04. The first-order valence-electron chi connectivity index (χ1n) is 14.1. The van der Waals surface area contributed by atoms with E-state index < -0.39 is 5.41 Å². The van der Waals surface area contributed by atoms with Crippen molar-refractivity contribution >= 4 is 25.3 Å². The molecular formula is C35H38O2S2. The van der Waals surface area contributed by atoms with Gasteiger partial charge >= 0.3 is 0 Å². The average molecular weight is 555 g/mol. The molecule has 2 nitrogen and oxygen atoms in total. The number of hydrogen-bond donors (Lipinski definition) is 2. The molecule has 1 aliphatic rings. The van der Waals surface area contributed by atoms with Crippen LogP contribution in [-0.4, -0.2) is 24.7 Å². The Morgan fingerprint density at radius 1 is 0.590 bits per heavy atom. The van der Waals surface area contributed by atoms with Gasteiger partial charge in [0.05, 0.1) is 18.6 Å². The van der Waals surface area contributed by atoms with Crippen LogP contribution in [0, 0.1) is 0 Å². The highest BCUT2D eigenvalue weighted by Gasteiger charge is 2.46. The molecule has 0 radical (unpaired) electrons. The molecule has 0 fully saturated rings. The lowest BCUT2D eigenvalue weighted by atomic mass is 9.67. The van der Waals surface area contributed by atoms with Crippen molar-refractivity contribution in [1.29, 1.82) is 0 Å². The zero-order chi connectivity index (χ0) is 27.2. The van der Waals surface area contributed by atoms with Gasteiger partial charge in [0.2, 0.25) is 0 Å². The third-order valence-electron chi connectivity index (χ3n) is 7.68. The minimum atomic E-state index is -0.442. The normalized spacial score (nSPS) is 13.1. The Kier molecular flexibility index (Phi) is 8.94. The van der Waals surface area contributed by atoms with Crippen molar-refractivity contribution in [3.8, 4) is 22.6 Å². The Labute approximate surface area is 244 Å². The third kappa shape index (κ3) is 5.10. The van der Waals surface area contributed by atoms with Gasteiger partial charge in [-0.2, -0.15) is 25.3 Å². The molecule has 0 unspecified atom stereocenters. The second-order valence-corrected chi connectivity index (χ2v) is 11.0. The minimum absolute atomic E-state index is 0.442. The van der Waals surface area contributed by atoms with Crippen LogP contribution in [0.3, 0.4) is 0 Å². The van der Waals surface area contributed by atoms with Crippen molar-refractivity contribution in [2.75, 3.05) is 24.7 Å². The van der Waals surface area contributed by atoms with Gasteiger partial charge in [0, 0.05) is 11.5 Å². The van der Waals surface area contributed by atoms with Gasteiger partial charge in [0.1, 0.15) is 11.5 Å². The van der Waals surface area contributed by atoms with E-state index in [4.69, 9.17) is 9.47 Å². The van der Waals surface area contributed by atoms with Gasteiger partial charge in [-0.3, -0.25) is 0 Å². The fourth-order valence-corrected chi connectivity index (χ4v) is 6.35. The molecule has 0 bridgehead atoms. The summed E-state index contributed by atoms with van der Waals surface area (Å²) in [5, 5.41) is 0. The van der Waals surface area contributed by atoms with E-state index in [9.17, 15) is 0 Å². The smallest absolute Gasteiger partial charge is 0.122 e. The molecule has 0 saturated carbocycles. The lowest BCUT2D eigenvalue weighted by molar-refractivity contribution is 0.340. The molecule has 0 heterocycles. The maximum atomic E-state index is 6.14. The number of rotatable bonds is 12. The quantitative estimate of drug-likeness (QED) is 0.151. The molecule has 0 amide bonds. The first-order valence-corrected chi connectivity index (χ1v) is 15.4. The number of aryl methyl sites for hydroxylation is 2. The summed E-state index contributed by atoms with van der Waals surface area (Å²) < 4.78 is 12.3. The number of benzene rings is 4. The van der Waals surface area contributed by atoms with Gasteiger partial charge in [-0.25, -0.2) is 0 Å². The van der Waals surface area contributed by atoms with E-state index in [-0.39, 0.29) is 0 Å². The molecule has 5 rings (SSSR count). The van der Waals surface area contributed by atoms with E-state index >= 15 is 0 Å². The predicted octanol–water partition coefficient (Wildman–Crippen LogP) is 8.57. The highest BCUT2D eigenvalue weighted by molar-refractivity contribution is 7.80. The fourth-order valence-electron chi connectivity index (χ4n) is 6.17. The highest BCUT2D eigenvalue weighted by Crippen LogP contribution is 2.56. The molecule has 0 saturated heterocycles. The van der Waals surface area contributed by atoms with E-state index in [1.165, 1.54) is 44.5 Å². The summed E-state index contributed by atoms with van der Waals surface area (Å²) in [6.07, 6.45) is 4.04. The van der Waals surface area contributed by atoms with Gasteiger partial charge < -0.3 is 9.47 Å². The Bertz CT molecular complexity index is 1320. The van der Waals surface area contributed by atoms with Gasteiger partial charge in [-0.05, 0) is 69.5 Å². The first kappa shape index (κ1) is 27.7. The lowest BCUT2D eigenvalue weighted by Gasteiger charge is -2.35. The summed E-state index contributed by atoms with van der Waals surface area (Å²) in [5.74, 6) is 3.32. The molecule has 4 heteroatoms. The van der Waals surface area contributed by atoms with E-state index in [0.717, 1.165) is 37.2 Å². The van der Waals surface area contributed by atoms with Crippen LogP contribution in [0.1, 0.15) is 60.1 Å². The van der Waals surface area contributed by atoms with Crippen molar-refractivity contribution in [2.24, 2.45) is 0 Å². The largest absolute Gasteiger partial charge is 0.492 e. The van der Waals surface area contributed by atoms with Gasteiger partial charge in [-0.1, -0.05) is 99.5 Å². The maximum absolute atomic E-state index is 6.14. The Balaban J connectivity index is 1.81. The number of ether oxygens (including phenoxy) is 2. The summed E-state index contributed by atoms with van der Waals surface area (Å²) >= 11 is 8.74. The van der Waals surface area contributed by atoms with Crippen LogP contribution in [0.15, 0.2) is 84.9 Å². The van der Waals surface area contributed by atoms with Crippen molar-refractivity contribution in [1.82, 2.24) is 0 Å². The molecule has 39 heavy (non-hydrogen) atoms. The number of fused-ring (bicyclic) bond motifs is 3. The van der Waals surface area contributed by atoms with E-state index in [1.54, 1.807) is 0 Å². The van der Waals surface area contributed by atoms with Crippen molar-refractivity contribution < 1.29 is 9.47 Å². The molecule has 0 spiro atoms. The average Bonchev–Trinajstić information content (AvgIpc) is 3.27. The minimum Gasteiger partial charge on any atom is -0.492 e. The molecule has 202 valence electrons. The zero-order valence-electron chi connectivity index (χ0n) is 23.0. The van der Waals surface area contributed by atoms with Gasteiger partial charge in [0.25, 0.3) is 0 Å². The van der Waals surface area contributed by atoms with Crippen molar-refractivity contribution in [2.45, 2.75) is 44.9 Å². The number of hydrogen-bond acceptors (Lipinski definition) is 4. The van der Waals surface area contributed by atoms with Crippen LogP contribution < -0.4 is 9.47 Å². The highest BCUT2D eigenvalue weighted by atomic mass is 32.1. The van der Waals surface area contributed by atoms with Crippen molar-refractivity contribution in [3.05, 3.63) is 118 Å². The molecule has 4 aromatic carbocycles. The summed E-state index contributed by atoms with van der Waals surface area (Å²) in [6.45, 7) is 5.66. The Morgan fingerprint density at radius 3 is 1.44 bits per heavy atom. The monoisotopic (exact) mass is 554 g/mol. The molecular weight excluding hydrogens is 517 g/mol. The molecule has 4 aromatic rings. The van der Waals surface area contributed by atoms with Crippen LogP contribution >= 0.6 is 25.3 Å². The Hall–Kier alpha value is -2.82. The Morgan fingerprint density at radius 2 is 1.03 bits per heavy atom. The standard InChI is InChI=1S/C35H38O2S2/c1-3-9-25-23-27(15-17-33(25)36-19-21-38)35(28-16-18-34(37-20-22-39)26(24-28)10-4-2)31-13-7-5-11-29(31)30-12-6-8-14-32(30)35/h5-8,11-18,23-24,38-39H,3-4,9-10,19-22H2,1-2H3. The lowest BCUT2D eigenvalue weighted by Crippen LogP contribution is -2.29. The fraction of sp³-hybridized carbons (Fsp3) is 0.314. The molecule has 0 aromatic heterocycles. The SMILES string of the molecule is CCCc1cc(C2(c3ccc(OCCS)c(CCC)c3)c3ccccc3-c3ccccc32)ccc1OCCS. The predicted molar refractivity (Wildman–Crippen MR) is 170 cm³/mol. The van der Waals surface area contributed by atoms with Crippen molar-refractivity contribution in [3.63, 3.8) is 0 Å². The van der Waals surface area contributed by atoms with Gasteiger partial charge in [-0.15, -0.1) is 0 Å². The molecule has 0 atom stereocenters. The summed E-state index contributed by atoms with van der Waals surface area (Å²) in [5.41, 5.74) is 9.85. The zero-order valence-corrected chi connectivity index (χ0v) is 24.7. The van der Waals surface area contributed by atoms with Gasteiger partial charge in [0.15, 0.2) is 0 Å². The molecule has 0 aliphatic heterocycles. The second-order valence-electron chi connectivity index (χ2n) is 10.1. The second kappa shape index (κ2) is 12.6.